The number of aryl methyl sites for hydroxylation is 1. The third kappa shape index (κ3) is 3.64. The van der Waals surface area contributed by atoms with Crippen molar-refractivity contribution >= 4 is 17.8 Å². The van der Waals surface area contributed by atoms with Gasteiger partial charge in [-0.25, -0.2) is 9.97 Å². The van der Waals surface area contributed by atoms with E-state index in [1.807, 2.05) is 4.90 Å². The van der Waals surface area contributed by atoms with Gasteiger partial charge in [0.1, 0.15) is 5.69 Å². The van der Waals surface area contributed by atoms with Crippen molar-refractivity contribution in [2.45, 2.75) is 19.8 Å². The molecule has 24 heavy (non-hydrogen) atoms. The second-order valence-electron chi connectivity index (χ2n) is 6.26. The summed E-state index contributed by atoms with van der Waals surface area (Å²) in [4.78, 5) is 36.7. The molecule has 0 spiro atoms. The average molecular weight is 333 g/mol. The standard InChI is InChI=1S/C16H23N5O3/c1-11-10-13(19-16(17)18-11)15(23)20-4-2-12(3-5-20)14(22)21-6-8-24-9-7-21/h10,12H,2-9H2,1H3,(H2,17,18,19). The molecule has 0 saturated carbocycles. The topological polar surface area (TPSA) is 102 Å². The minimum Gasteiger partial charge on any atom is -0.378 e. The van der Waals surface area contributed by atoms with Gasteiger partial charge in [-0.1, -0.05) is 0 Å². The van der Waals surface area contributed by atoms with Crippen LogP contribution in [0.15, 0.2) is 6.07 Å². The number of aromatic nitrogens is 2. The van der Waals surface area contributed by atoms with Gasteiger partial charge in [-0.3, -0.25) is 9.59 Å². The predicted octanol–water partition coefficient (Wildman–Crippen LogP) is 0.0782. The maximum absolute atomic E-state index is 12.6. The number of nitrogen functional groups attached to an aromatic ring is 1. The van der Waals surface area contributed by atoms with E-state index in [1.165, 1.54) is 0 Å². The minimum atomic E-state index is -0.149. The van der Waals surface area contributed by atoms with Crippen molar-refractivity contribution in [3.8, 4) is 0 Å². The van der Waals surface area contributed by atoms with Crippen molar-refractivity contribution in [3.05, 3.63) is 17.5 Å². The molecule has 0 aromatic carbocycles. The molecule has 0 bridgehead atoms. The summed E-state index contributed by atoms with van der Waals surface area (Å²) in [6.07, 6.45) is 1.36. The fraction of sp³-hybridized carbons (Fsp3) is 0.625. The highest BCUT2D eigenvalue weighted by molar-refractivity contribution is 5.93. The van der Waals surface area contributed by atoms with Crippen LogP contribution >= 0.6 is 0 Å². The van der Waals surface area contributed by atoms with Gasteiger partial charge in [0.05, 0.1) is 13.2 Å². The first-order valence-corrected chi connectivity index (χ1v) is 8.31. The lowest BCUT2D eigenvalue weighted by molar-refractivity contribution is -0.141. The number of morpholine rings is 1. The maximum Gasteiger partial charge on any atom is 0.272 e. The molecule has 2 amide bonds. The number of hydrogen-bond donors (Lipinski definition) is 1. The number of nitrogens with zero attached hydrogens (tertiary/aromatic N) is 4. The van der Waals surface area contributed by atoms with Crippen molar-refractivity contribution in [3.63, 3.8) is 0 Å². The van der Waals surface area contributed by atoms with E-state index in [9.17, 15) is 9.59 Å². The van der Waals surface area contributed by atoms with Gasteiger partial charge in [0, 0.05) is 37.8 Å². The van der Waals surface area contributed by atoms with Crippen molar-refractivity contribution in [1.82, 2.24) is 19.8 Å². The van der Waals surface area contributed by atoms with Crippen LogP contribution in [0.4, 0.5) is 5.95 Å². The number of carbonyl (C=O) groups excluding carboxylic acids is 2. The lowest BCUT2D eigenvalue weighted by Crippen LogP contribution is -2.47. The quantitative estimate of drug-likeness (QED) is 0.822. The van der Waals surface area contributed by atoms with Gasteiger partial charge < -0.3 is 20.3 Å². The van der Waals surface area contributed by atoms with E-state index in [0.717, 1.165) is 0 Å². The van der Waals surface area contributed by atoms with E-state index < -0.39 is 0 Å². The molecule has 3 heterocycles. The largest absolute Gasteiger partial charge is 0.378 e. The Labute approximate surface area is 141 Å². The molecule has 130 valence electrons. The van der Waals surface area contributed by atoms with E-state index >= 15 is 0 Å². The van der Waals surface area contributed by atoms with Crippen LogP contribution in [0.1, 0.15) is 29.0 Å². The summed E-state index contributed by atoms with van der Waals surface area (Å²) in [5.41, 5.74) is 6.61. The molecule has 8 heteroatoms. The lowest BCUT2D eigenvalue weighted by Gasteiger charge is -2.35. The Hall–Kier alpha value is -2.22. The zero-order chi connectivity index (χ0) is 17.1. The van der Waals surface area contributed by atoms with Crippen molar-refractivity contribution in [1.29, 1.82) is 0 Å². The molecule has 2 N–H and O–H groups in total. The van der Waals surface area contributed by atoms with Gasteiger partial charge >= 0.3 is 0 Å². The SMILES string of the molecule is Cc1cc(C(=O)N2CCC(C(=O)N3CCOCC3)CC2)nc(N)n1. The number of anilines is 1. The van der Waals surface area contributed by atoms with Crippen molar-refractivity contribution < 1.29 is 14.3 Å². The highest BCUT2D eigenvalue weighted by Gasteiger charge is 2.31. The van der Waals surface area contributed by atoms with E-state index in [4.69, 9.17) is 10.5 Å². The summed E-state index contributed by atoms with van der Waals surface area (Å²) in [7, 11) is 0. The van der Waals surface area contributed by atoms with E-state index in [2.05, 4.69) is 9.97 Å². The van der Waals surface area contributed by atoms with Gasteiger partial charge in [-0.15, -0.1) is 0 Å². The van der Waals surface area contributed by atoms with Gasteiger partial charge in [-0.05, 0) is 25.8 Å². The third-order valence-electron chi connectivity index (χ3n) is 4.54. The number of amides is 2. The third-order valence-corrected chi connectivity index (χ3v) is 4.54. The first kappa shape index (κ1) is 16.6. The molecule has 0 atom stereocenters. The molecule has 2 saturated heterocycles. The highest BCUT2D eigenvalue weighted by Crippen LogP contribution is 2.21. The summed E-state index contributed by atoms with van der Waals surface area (Å²) in [6.45, 7) is 5.44. The molecule has 2 aliphatic heterocycles. The molecule has 1 aromatic rings. The molecule has 0 radical (unpaired) electrons. The predicted molar refractivity (Wildman–Crippen MR) is 87.2 cm³/mol. The first-order valence-electron chi connectivity index (χ1n) is 8.31. The molecular formula is C16H23N5O3. The lowest BCUT2D eigenvalue weighted by atomic mass is 9.95. The summed E-state index contributed by atoms with van der Waals surface area (Å²) in [5.74, 6) is 0.136. The van der Waals surface area contributed by atoms with E-state index in [-0.39, 0.29) is 23.7 Å². The smallest absolute Gasteiger partial charge is 0.272 e. The summed E-state index contributed by atoms with van der Waals surface area (Å²) >= 11 is 0. The Morgan fingerprint density at radius 1 is 1.12 bits per heavy atom. The number of hydrogen-bond acceptors (Lipinski definition) is 6. The molecule has 1 aromatic heterocycles. The monoisotopic (exact) mass is 333 g/mol. The second kappa shape index (κ2) is 7.12. The van der Waals surface area contributed by atoms with Gasteiger partial charge in [0.2, 0.25) is 11.9 Å². The normalized spacial score (nSPS) is 19.4. The Kier molecular flexibility index (Phi) is 4.94. The van der Waals surface area contributed by atoms with Crippen molar-refractivity contribution in [2.24, 2.45) is 5.92 Å². The van der Waals surface area contributed by atoms with Gasteiger partial charge in [0.25, 0.3) is 5.91 Å². The second-order valence-corrected chi connectivity index (χ2v) is 6.26. The van der Waals surface area contributed by atoms with Crippen LogP contribution in [-0.4, -0.2) is 71.0 Å². The number of ether oxygens (including phenoxy) is 1. The Balaban J connectivity index is 1.58. The number of rotatable bonds is 2. The highest BCUT2D eigenvalue weighted by atomic mass is 16.5. The first-order chi connectivity index (χ1) is 11.5. The molecule has 0 aliphatic carbocycles. The Morgan fingerprint density at radius 3 is 2.42 bits per heavy atom. The van der Waals surface area contributed by atoms with Crippen LogP contribution in [0, 0.1) is 12.8 Å². The number of nitrogens with two attached hydrogens (primary N) is 1. The van der Waals surface area contributed by atoms with Crippen LogP contribution in [0.5, 0.6) is 0 Å². The Bertz CT molecular complexity index is 602. The molecule has 2 aliphatic rings. The van der Waals surface area contributed by atoms with Gasteiger partial charge in [-0.2, -0.15) is 0 Å². The van der Waals surface area contributed by atoms with Crippen LogP contribution in [0.25, 0.3) is 0 Å². The minimum absolute atomic E-state index is 0.00986. The Morgan fingerprint density at radius 2 is 1.79 bits per heavy atom. The molecule has 2 fully saturated rings. The fourth-order valence-corrected chi connectivity index (χ4v) is 3.23. The fourth-order valence-electron chi connectivity index (χ4n) is 3.23. The average Bonchev–Trinajstić information content (AvgIpc) is 2.60. The summed E-state index contributed by atoms with van der Waals surface area (Å²) < 4.78 is 5.28. The van der Waals surface area contributed by atoms with Crippen LogP contribution in [0.2, 0.25) is 0 Å². The number of piperidine rings is 1. The van der Waals surface area contributed by atoms with Crippen molar-refractivity contribution in [2.75, 3.05) is 45.1 Å². The molecule has 0 unspecified atom stereocenters. The van der Waals surface area contributed by atoms with Crippen LogP contribution in [-0.2, 0) is 9.53 Å². The zero-order valence-corrected chi connectivity index (χ0v) is 13.9. The van der Waals surface area contributed by atoms with Crippen LogP contribution in [0.3, 0.4) is 0 Å². The summed E-state index contributed by atoms with van der Waals surface area (Å²) in [5, 5.41) is 0. The maximum atomic E-state index is 12.6. The molecule has 8 nitrogen and oxygen atoms in total. The summed E-state index contributed by atoms with van der Waals surface area (Å²) in [6, 6.07) is 1.64. The number of carbonyl (C=O) groups is 2. The van der Waals surface area contributed by atoms with E-state index in [1.54, 1.807) is 17.9 Å². The van der Waals surface area contributed by atoms with E-state index in [0.29, 0.717) is 63.6 Å². The zero-order valence-electron chi connectivity index (χ0n) is 13.9. The molecular weight excluding hydrogens is 310 g/mol. The van der Waals surface area contributed by atoms with Crippen LogP contribution < -0.4 is 5.73 Å². The van der Waals surface area contributed by atoms with Gasteiger partial charge in [0.15, 0.2) is 0 Å². The molecule has 3 rings (SSSR count). The number of likely N-dealkylation sites (tertiary alicyclic amines) is 1.